The summed E-state index contributed by atoms with van der Waals surface area (Å²) in [5, 5.41) is 15.7. The van der Waals surface area contributed by atoms with Crippen LogP contribution in [0.15, 0.2) is 54.9 Å². The van der Waals surface area contributed by atoms with Crippen molar-refractivity contribution in [3.05, 3.63) is 54.9 Å². The first-order valence-corrected chi connectivity index (χ1v) is 9.27. The van der Waals surface area contributed by atoms with Crippen molar-refractivity contribution in [2.45, 2.75) is 12.8 Å². The maximum absolute atomic E-state index is 12.8. The molecular weight excluding hydrogens is 356 g/mol. The minimum absolute atomic E-state index is 0.00433. The largest absolute Gasteiger partial charge is 0.495 e. The first-order chi connectivity index (χ1) is 13.7. The summed E-state index contributed by atoms with van der Waals surface area (Å²) < 4.78 is 6.98. The molecule has 0 saturated carbocycles. The van der Waals surface area contributed by atoms with Gasteiger partial charge < -0.3 is 15.0 Å². The zero-order chi connectivity index (χ0) is 19.3. The molecule has 1 aliphatic heterocycles. The highest BCUT2D eigenvalue weighted by Crippen LogP contribution is 2.26. The number of hydrogen-bond acceptors (Lipinski definition) is 6. The molecule has 1 N–H and O–H groups in total. The van der Waals surface area contributed by atoms with E-state index in [1.807, 2.05) is 48.7 Å². The second-order valence-electron chi connectivity index (χ2n) is 6.68. The monoisotopic (exact) mass is 378 g/mol. The number of carbonyl (C=O) groups excluding carboxylic acids is 1. The minimum Gasteiger partial charge on any atom is -0.495 e. The number of carbonyl (C=O) groups is 1. The average Bonchev–Trinajstić information content (AvgIpc) is 3.29. The number of anilines is 2. The molecule has 8 nitrogen and oxygen atoms in total. The van der Waals surface area contributed by atoms with E-state index >= 15 is 0 Å². The van der Waals surface area contributed by atoms with Crippen LogP contribution in [0.25, 0.3) is 5.82 Å². The van der Waals surface area contributed by atoms with E-state index in [-0.39, 0.29) is 11.8 Å². The van der Waals surface area contributed by atoms with Crippen LogP contribution in [0.1, 0.15) is 12.8 Å². The molecule has 3 aromatic rings. The second kappa shape index (κ2) is 8.08. The van der Waals surface area contributed by atoms with Crippen LogP contribution >= 0.6 is 0 Å². The van der Waals surface area contributed by atoms with Gasteiger partial charge in [0.1, 0.15) is 5.75 Å². The van der Waals surface area contributed by atoms with Crippen LogP contribution in [-0.2, 0) is 4.79 Å². The molecule has 144 valence electrons. The van der Waals surface area contributed by atoms with Crippen LogP contribution in [0.4, 0.5) is 11.5 Å². The van der Waals surface area contributed by atoms with Gasteiger partial charge in [0, 0.05) is 25.5 Å². The van der Waals surface area contributed by atoms with E-state index in [0.29, 0.717) is 23.8 Å². The highest BCUT2D eigenvalue weighted by atomic mass is 16.5. The predicted molar refractivity (Wildman–Crippen MR) is 106 cm³/mol. The number of methoxy groups -OCH3 is 1. The highest BCUT2D eigenvalue weighted by Gasteiger charge is 2.27. The number of nitrogens with one attached hydrogen (secondary N) is 1. The molecule has 1 unspecified atom stereocenters. The van der Waals surface area contributed by atoms with Gasteiger partial charge in [0.05, 0.1) is 18.7 Å². The van der Waals surface area contributed by atoms with Gasteiger partial charge in [-0.15, -0.1) is 10.2 Å². The lowest BCUT2D eigenvalue weighted by molar-refractivity contribution is -0.120. The molecule has 28 heavy (non-hydrogen) atoms. The molecule has 1 fully saturated rings. The van der Waals surface area contributed by atoms with Gasteiger partial charge >= 0.3 is 0 Å². The van der Waals surface area contributed by atoms with Gasteiger partial charge in [0.2, 0.25) is 5.91 Å². The van der Waals surface area contributed by atoms with Crippen molar-refractivity contribution in [3.63, 3.8) is 0 Å². The SMILES string of the molecule is COc1ccccc1NC(=O)C1CCCN(c2ccc(-n3cccn3)nn2)C1. The third kappa shape index (κ3) is 3.80. The Morgan fingerprint density at radius 1 is 1.14 bits per heavy atom. The van der Waals surface area contributed by atoms with Crippen molar-refractivity contribution in [3.8, 4) is 11.6 Å². The number of para-hydroxylation sites is 2. The Morgan fingerprint density at radius 2 is 1.96 bits per heavy atom. The van der Waals surface area contributed by atoms with Crippen molar-refractivity contribution in [2.24, 2.45) is 5.92 Å². The molecular formula is C20H22N6O2. The summed E-state index contributed by atoms with van der Waals surface area (Å²) in [5.74, 6) is 1.96. The first-order valence-electron chi connectivity index (χ1n) is 9.27. The third-order valence-electron chi connectivity index (χ3n) is 4.86. The zero-order valence-corrected chi connectivity index (χ0v) is 15.7. The molecule has 1 aliphatic rings. The molecule has 1 saturated heterocycles. The predicted octanol–water partition coefficient (Wildman–Crippen LogP) is 2.53. The fourth-order valence-electron chi connectivity index (χ4n) is 3.40. The number of nitrogens with zero attached hydrogens (tertiary/aromatic N) is 5. The van der Waals surface area contributed by atoms with Gasteiger partial charge in [-0.3, -0.25) is 4.79 Å². The van der Waals surface area contributed by atoms with Gasteiger partial charge in [-0.1, -0.05) is 12.1 Å². The van der Waals surface area contributed by atoms with Crippen molar-refractivity contribution >= 4 is 17.4 Å². The number of benzene rings is 1. The van der Waals surface area contributed by atoms with Crippen molar-refractivity contribution < 1.29 is 9.53 Å². The van der Waals surface area contributed by atoms with Crippen LogP contribution in [-0.4, -0.2) is 46.1 Å². The molecule has 2 aromatic heterocycles. The van der Waals surface area contributed by atoms with Gasteiger partial charge in [-0.2, -0.15) is 5.10 Å². The van der Waals surface area contributed by atoms with E-state index in [0.717, 1.165) is 25.2 Å². The van der Waals surface area contributed by atoms with Crippen molar-refractivity contribution in [2.75, 3.05) is 30.4 Å². The lowest BCUT2D eigenvalue weighted by Gasteiger charge is -2.32. The molecule has 1 atom stereocenters. The lowest BCUT2D eigenvalue weighted by Crippen LogP contribution is -2.41. The van der Waals surface area contributed by atoms with Gasteiger partial charge in [-0.25, -0.2) is 4.68 Å². The molecule has 3 heterocycles. The highest BCUT2D eigenvalue weighted by molar-refractivity contribution is 5.94. The van der Waals surface area contributed by atoms with E-state index in [4.69, 9.17) is 4.74 Å². The van der Waals surface area contributed by atoms with E-state index < -0.39 is 0 Å². The van der Waals surface area contributed by atoms with Gasteiger partial charge in [-0.05, 0) is 43.2 Å². The molecule has 1 amide bonds. The molecule has 0 bridgehead atoms. The molecule has 0 radical (unpaired) electrons. The fourth-order valence-corrected chi connectivity index (χ4v) is 3.40. The standard InChI is InChI=1S/C20H22N6O2/c1-28-17-8-3-2-7-16(17)22-20(27)15-6-4-12-25(14-15)18-9-10-19(24-23-18)26-13-5-11-21-26/h2-3,5,7-11,13,15H,4,6,12,14H2,1H3,(H,22,27). The zero-order valence-electron chi connectivity index (χ0n) is 15.7. The third-order valence-corrected chi connectivity index (χ3v) is 4.86. The smallest absolute Gasteiger partial charge is 0.229 e. The Labute approximate surface area is 163 Å². The van der Waals surface area contributed by atoms with E-state index in [1.54, 1.807) is 18.0 Å². The van der Waals surface area contributed by atoms with Gasteiger partial charge in [0.25, 0.3) is 0 Å². The second-order valence-corrected chi connectivity index (χ2v) is 6.68. The summed E-state index contributed by atoms with van der Waals surface area (Å²) in [6, 6.07) is 13.1. The fraction of sp³-hybridized carbons (Fsp3) is 0.300. The summed E-state index contributed by atoms with van der Waals surface area (Å²) in [5.41, 5.74) is 0.690. The first kappa shape index (κ1) is 18.0. The Morgan fingerprint density at radius 3 is 2.71 bits per heavy atom. The van der Waals surface area contributed by atoms with E-state index in [2.05, 4.69) is 25.5 Å². The van der Waals surface area contributed by atoms with Crippen LogP contribution < -0.4 is 15.0 Å². The maximum atomic E-state index is 12.8. The maximum Gasteiger partial charge on any atom is 0.229 e. The summed E-state index contributed by atoms with van der Waals surface area (Å²) in [6.45, 7) is 1.46. The van der Waals surface area contributed by atoms with E-state index in [1.165, 1.54) is 0 Å². The van der Waals surface area contributed by atoms with E-state index in [9.17, 15) is 4.79 Å². The Hall–Kier alpha value is -3.42. The normalized spacial score (nSPS) is 16.6. The summed E-state index contributed by atoms with van der Waals surface area (Å²) in [6.07, 6.45) is 5.29. The molecule has 4 rings (SSSR count). The number of hydrogen-bond donors (Lipinski definition) is 1. The quantitative estimate of drug-likeness (QED) is 0.734. The summed E-state index contributed by atoms with van der Waals surface area (Å²) in [4.78, 5) is 14.9. The van der Waals surface area contributed by atoms with Crippen LogP contribution in [0, 0.1) is 5.92 Å². The van der Waals surface area contributed by atoms with Crippen molar-refractivity contribution in [1.82, 2.24) is 20.0 Å². The summed E-state index contributed by atoms with van der Waals surface area (Å²) in [7, 11) is 1.60. The molecule has 8 heteroatoms. The lowest BCUT2D eigenvalue weighted by atomic mass is 9.97. The Balaban J connectivity index is 1.43. The number of piperidine rings is 1. The Bertz CT molecular complexity index is 926. The minimum atomic E-state index is -0.119. The van der Waals surface area contributed by atoms with Crippen LogP contribution in [0.3, 0.4) is 0 Å². The molecule has 0 spiro atoms. The molecule has 1 aromatic carbocycles. The number of amides is 1. The van der Waals surface area contributed by atoms with Crippen LogP contribution in [0.2, 0.25) is 0 Å². The molecule has 0 aliphatic carbocycles. The summed E-state index contributed by atoms with van der Waals surface area (Å²) >= 11 is 0. The number of rotatable bonds is 5. The van der Waals surface area contributed by atoms with Gasteiger partial charge in [0.15, 0.2) is 11.6 Å². The number of aromatic nitrogens is 4. The number of ether oxygens (including phenoxy) is 1. The Kier molecular flexibility index (Phi) is 5.18. The van der Waals surface area contributed by atoms with Crippen molar-refractivity contribution in [1.29, 1.82) is 0 Å². The van der Waals surface area contributed by atoms with Crippen LogP contribution in [0.5, 0.6) is 5.75 Å². The topological polar surface area (TPSA) is 85.2 Å². The average molecular weight is 378 g/mol.